The Kier molecular flexibility index (Phi) is 5.98. The molecule has 16 heteroatoms. The second-order valence-corrected chi connectivity index (χ2v) is 7.98. The van der Waals surface area contributed by atoms with Gasteiger partial charge in [0.05, 0.1) is 21.2 Å². The molecule has 184 valence electrons. The summed E-state index contributed by atoms with van der Waals surface area (Å²) in [6.45, 7) is 0.525. The van der Waals surface area contributed by atoms with E-state index < -0.39 is 81.1 Å². The van der Waals surface area contributed by atoms with Crippen molar-refractivity contribution in [1.29, 1.82) is 5.26 Å². The summed E-state index contributed by atoms with van der Waals surface area (Å²) >= 11 is 11.8. The van der Waals surface area contributed by atoms with Gasteiger partial charge in [0.15, 0.2) is 11.1 Å². The second kappa shape index (κ2) is 7.88. The van der Waals surface area contributed by atoms with Crippen LogP contribution in [0.25, 0.3) is 5.69 Å². The van der Waals surface area contributed by atoms with Crippen molar-refractivity contribution >= 4 is 35.1 Å². The van der Waals surface area contributed by atoms with E-state index in [-0.39, 0.29) is 9.58 Å². The first-order valence-electron chi connectivity index (χ1n) is 8.99. The molecule has 0 aliphatic heterocycles. The molecule has 1 aliphatic rings. The van der Waals surface area contributed by atoms with E-state index in [1.807, 2.05) is 0 Å². The lowest BCUT2D eigenvalue weighted by atomic mass is 9.93. The van der Waals surface area contributed by atoms with Crippen LogP contribution in [0.5, 0.6) is 0 Å². The zero-order valence-electron chi connectivity index (χ0n) is 16.5. The number of alkyl halides is 8. The predicted molar refractivity (Wildman–Crippen MR) is 102 cm³/mol. The SMILES string of the molecule is CCN(C(=O)O)c1c(C2(C(F)(F)F)CC2(F)F)c(C#N)nn1-c1c(Cl)cc(C(F)(F)F)cc1Cl. The zero-order valence-corrected chi connectivity index (χ0v) is 18.0. The highest BCUT2D eigenvalue weighted by atomic mass is 35.5. The molecule has 6 nitrogen and oxygen atoms in total. The van der Waals surface area contributed by atoms with Gasteiger partial charge in [-0.05, 0) is 19.1 Å². The minimum atomic E-state index is -5.66. The van der Waals surface area contributed by atoms with Crippen molar-refractivity contribution < 1.29 is 45.0 Å². The largest absolute Gasteiger partial charge is 0.465 e. The van der Waals surface area contributed by atoms with Crippen LogP contribution in [0.2, 0.25) is 10.0 Å². The molecule has 0 saturated heterocycles. The standard InChI is InChI=1S/C18H10Cl2F8N4O2/c1-2-31(14(33)34)13-11(15(18(26,27)28)6-16(15,21)22)10(5-29)30-32(13)12-8(19)3-7(4-9(12)20)17(23,24)25/h3-4H,2,6H2,1H3,(H,33,34). The summed E-state index contributed by atoms with van der Waals surface area (Å²) in [6, 6.07) is 1.89. The molecule has 0 radical (unpaired) electrons. The lowest BCUT2D eigenvalue weighted by Crippen LogP contribution is -2.39. The fourth-order valence-electron chi connectivity index (χ4n) is 3.60. The van der Waals surface area contributed by atoms with Crippen LogP contribution in [0.3, 0.4) is 0 Å². The van der Waals surface area contributed by atoms with Crippen molar-refractivity contribution in [2.75, 3.05) is 11.4 Å². The smallest absolute Gasteiger partial charge is 0.416 e. The van der Waals surface area contributed by atoms with Crippen molar-refractivity contribution in [3.63, 3.8) is 0 Å². The number of carbonyl (C=O) groups is 1. The van der Waals surface area contributed by atoms with Crippen molar-refractivity contribution in [1.82, 2.24) is 9.78 Å². The summed E-state index contributed by atoms with van der Waals surface area (Å²) in [7, 11) is 0. The van der Waals surface area contributed by atoms with Crippen LogP contribution < -0.4 is 4.90 Å². The normalized spacial score (nSPS) is 19.6. The fraction of sp³-hybridized carbons (Fsp3) is 0.389. The summed E-state index contributed by atoms with van der Waals surface area (Å²) in [4.78, 5) is 12.0. The minimum absolute atomic E-state index is 0.176. The van der Waals surface area contributed by atoms with Crippen LogP contribution in [0.1, 0.15) is 30.2 Å². The summed E-state index contributed by atoms with van der Waals surface area (Å²) in [5.41, 5.74) is -8.74. The first-order valence-corrected chi connectivity index (χ1v) is 9.75. The highest BCUT2D eigenvalue weighted by Crippen LogP contribution is 2.71. The molecule has 1 saturated carbocycles. The lowest BCUT2D eigenvalue weighted by molar-refractivity contribution is -0.182. The Labute approximate surface area is 194 Å². The van der Waals surface area contributed by atoms with Gasteiger partial charge in [0, 0.05) is 13.0 Å². The third-order valence-electron chi connectivity index (χ3n) is 5.22. The third kappa shape index (κ3) is 3.70. The number of benzene rings is 1. The quantitative estimate of drug-likeness (QED) is 0.457. The minimum Gasteiger partial charge on any atom is -0.465 e. The average Bonchev–Trinajstić information content (AvgIpc) is 3.09. The van der Waals surface area contributed by atoms with Crippen molar-refractivity contribution in [2.45, 2.75) is 37.0 Å². The van der Waals surface area contributed by atoms with Gasteiger partial charge in [0.1, 0.15) is 17.6 Å². The van der Waals surface area contributed by atoms with Crippen molar-refractivity contribution in [3.8, 4) is 11.8 Å². The monoisotopic (exact) mass is 536 g/mol. The van der Waals surface area contributed by atoms with Crippen LogP contribution in [-0.2, 0) is 11.6 Å². The molecule has 0 bridgehead atoms. The number of nitrogens with zero attached hydrogens (tertiary/aromatic N) is 4. The summed E-state index contributed by atoms with van der Waals surface area (Å²) in [5, 5.41) is 20.8. The average molecular weight is 537 g/mol. The molecule has 1 aromatic carbocycles. The molecular formula is C18H10Cl2F8N4O2. The first-order chi connectivity index (χ1) is 15.4. The summed E-state index contributed by atoms with van der Waals surface area (Å²) < 4.78 is 110. The molecule has 1 unspecified atom stereocenters. The number of anilines is 1. The number of nitriles is 1. The van der Waals surface area contributed by atoms with Crippen LogP contribution in [0.4, 0.5) is 45.7 Å². The van der Waals surface area contributed by atoms with Crippen LogP contribution in [-0.4, -0.2) is 39.6 Å². The van der Waals surface area contributed by atoms with Gasteiger partial charge in [-0.1, -0.05) is 23.2 Å². The molecule has 34 heavy (non-hydrogen) atoms. The summed E-state index contributed by atoms with van der Waals surface area (Å²) in [5.74, 6) is -5.57. The molecule has 1 N–H and O–H groups in total. The van der Waals surface area contributed by atoms with Gasteiger partial charge in [0.2, 0.25) is 0 Å². The Hall–Kier alpha value is -2.79. The van der Waals surface area contributed by atoms with Gasteiger partial charge >= 0.3 is 18.4 Å². The molecule has 1 aliphatic carbocycles. The van der Waals surface area contributed by atoms with Gasteiger partial charge in [-0.2, -0.15) is 36.7 Å². The number of halogens is 10. The zero-order chi connectivity index (χ0) is 26.0. The van der Waals surface area contributed by atoms with Gasteiger partial charge in [-0.15, -0.1) is 0 Å². The number of rotatable bonds is 4. The number of carboxylic acid groups (broad SMARTS) is 1. The van der Waals surface area contributed by atoms with E-state index in [1.54, 1.807) is 0 Å². The fourth-order valence-corrected chi connectivity index (χ4v) is 4.25. The van der Waals surface area contributed by atoms with Gasteiger partial charge < -0.3 is 5.11 Å². The number of hydrogen-bond donors (Lipinski definition) is 1. The van der Waals surface area contributed by atoms with Gasteiger partial charge in [0.25, 0.3) is 5.92 Å². The summed E-state index contributed by atoms with van der Waals surface area (Å²) in [6.07, 6.45) is -14.3. The molecule has 1 heterocycles. The molecule has 0 spiro atoms. The predicted octanol–water partition coefficient (Wildman–Crippen LogP) is 6.41. The number of amides is 1. The van der Waals surface area contributed by atoms with E-state index in [0.717, 1.165) is 6.92 Å². The van der Waals surface area contributed by atoms with Gasteiger partial charge in [-0.3, -0.25) is 4.90 Å². The maximum atomic E-state index is 14.2. The molecule has 3 rings (SSSR count). The Morgan fingerprint density at radius 1 is 1.24 bits per heavy atom. The molecule has 1 atom stereocenters. The van der Waals surface area contributed by atoms with Crippen molar-refractivity contribution in [3.05, 3.63) is 39.0 Å². The Morgan fingerprint density at radius 2 is 1.74 bits per heavy atom. The topological polar surface area (TPSA) is 82.2 Å². The third-order valence-corrected chi connectivity index (χ3v) is 5.80. The molecule has 2 aromatic rings. The van der Waals surface area contributed by atoms with E-state index in [9.17, 15) is 50.3 Å². The first kappa shape index (κ1) is 25.8. The molecule has 1 fully saturated rings. The second-order valence-electron chi connectivity index (χ2n) is 7.17. The van der Waals surface area contributed by atoms with Gasteiger partial charge in [-0.25, -0.2) is 18.3 Å². The Balaban J connectivity index is 2.48. The van der Waals surface area contributed by atoms with E-state index >= 15 is 0 Å². The van der Waals surface area contributed by atoms with Crippen LogP contribution in [0.15, 0.2) is 12.1 Å². The molecular weight excluding hydrogens is 527 g/mol. The lowest BCUT2D eigenvalue weighted by Gasteiger charge is -2.26. The highest BCUT2D eigenvalue weighted by molar-refractivity contribution is 6.38. The molecule has 1 amide bonds. The number of hydrogen-bond acceptors (Lipinski definition) is 3. The van der Waals surface area contributed by atoms with E-state index in [0.29, 0.717) is 12.1 Å². The van der Waals surface area contributed by atoms with E-state index in [2.05, 4.69) is 5.10 Å². The van der Waals surface area contributed by atoms with E-state index in [4.69, 9.17) is 23.2 Å². The molecule has 1 aromatic heterocycles. The van der Waals surface area contributed by atoms with Crippen LogP contribution >= 0.6 is 23.2 Å². The van der Waals surface area contributed by atoms with Crippen LogP contribution in [0, 0.1) is 11.3 Å². The Bertz CT molecular complexity index is 1200. The number of aromatic nitrogens is 2. The maximum Gasteiger partial charge on any atom is 0.416 e. The highest BCUT2D eigenvalue weighted by Gasteiger charge is 2.86. The van der Waals surface area contributed by atoms with Crippen molar-refractivity contribution in [2.24, 2.45) is 0 Å². The Morgan fingerprint density at radius 3 is 2.06 bits per heavy atom. The maximum absolute atomic E-state index is 14.2. The van der Waals surface area contributed by atoms with E-state index in [1.165, 1.54) is 6.07 Å².